The topological polar surface area (TPSA) is 107 Å². The van der Waals surface area contributed by atoms with E-state index in [1.54, 1.807) is 30.3 Å². The van der Waals surface area contributed by atoms with E-state index in [-0.39, 0.29) is 6.61 Å². The summed E-state index contributed by atoms with van der Waals surface area (Å²) in [5.74, 6) is -0.832. The van der Waals surface area contributed by atoms with E-state index in [0.717, 1.165) is 7.11 Å². The van der Waals surface area contributed by atoms with Crippen molar-refractivity contribution in [2.75, 3.05) is 13.7 Å². The smallest absolute Gasteiger partial charge is 0.454 e. The van der Waals surface area contributed by atoms with E-state index in [4.69, 9.17) is 23.7 Å². The molecule has 9 nitrogen and oxygen atoms in total. The standard InChI is InChI=1S/C20H25F3O9S/c1-19(2,3)18(24)31-15-14(32-33(25,26)20(21,22)23)13-12(29-17(15)27-4)10-28-16(30-13)11-8-6-5-7-9-11/h5-9,12-17H,10H2,1-4H3/t12-,13-,14+,15-,16?,17+/m1/s1. The van der Waals surface area contributed by atoms with E-state index >= 15 is 0 Å². The monoisotopic (exact) mass is 498 g/mol. The molecule has 2 heterocycles. The van der Waals surface area contributed by atoms with Gasteiger partial charge in [0, 0.05) is 12.7 Å². The molecule has 186 valence electrons. The van der Waals surface area contributed by atoms with Gasteiger partial charge >= 0.3 is 21.6 Å². The van der Waals surface area contributed by atoms with Gasteiger partial charge in [-0.05, 0) is 20.8 Å². The van der Waals surface area contributed by atoms with Crippen LogP contribution in [0.15, 0.2) is 30.3 Å². The number of hydrogen-bond donors (Lipinski definition) is 0. The summed E-state index contributed by atoms with van der Waals surface area (Å²) in [6.45, 7) is 4.38. The number of esters is 1. The second-order valence-corrected chi connectivity index (χ2v) is 10.1. The maximum atomic E-state index is 13.2. The van der Waals surface area contributed by atoms with Gasteiger partial charge in [-0.3, -0.25) is 8.98 Å². The fourth-order valence-electron chi connectivity index (χ4n) is 3.25. The predicted octanol–water partition coefficient (Wildman–Crippen LogP) is 2.66. The second-order valence-electron chi connectivity index (χ2n) is 8.54. The van der Waals surface area contributed by atoms with Crippen molar-refractivity contribution in [3.8, 4) is 0 Å². The molecule has 2 saturated heterocycles. The van der Waals surface area contributed by atoms with Crippen LogP contribution < -0.4 is 0 Å². The number of fused-ring (bicyclic) bond motifs is 1. The summed E-state index contributed by atoms with van der Waals surface area (Å²) in [7, 11) is -4.93. The van der Waals surface area contributed by atoms with Crippen LogP contribution in [0.3, 0.4) is 0 Å². The highest BCUT2D eigenvalue weighted by molar-refractivity contribution is 7.87. The highest BCUT2D eigenvalue weighted by Crippen LogP contribution is 2.39. The van der Waals surface area contributed by atoms with Gasteiger partial charge in [0.05, 0.1) is 12.0 Å². The van der Waals surface area contributed by atoms with Crippen LogP contribution in [0.2, 0.25) is 0 Å². The van der Waals surface area contributed by atoms with E-state index in [1.807, 2.05) is 0 Å². The summed E-state index contributed by atoms with van der Waals surface area (Å²) >= 11 is 0. The maximum absolute atomic E-state index is 13.2. The molecule has 2 aliphatic heterocycles. The molecular weight excluding hydrogens is 473 g/mol. The van der Waals surface area contributed by atoms with Crippen LogP contribution >= 0.6 is 0 Å². The van der Waals surface area contributed by atoms with Crippen molar-refractivity contribution in [1.29, 1.82) is 0 Å². The van der Waals surface area contributed by atoms with Gasteiger partial charge in [0.2, 0.25) is 0 Å². The Morgan fingerprint density at radius 1 is 1.06 bits per heavy atom. The average molecular weight is 498 g/mol. The average Bonchev–Trinajstić information content (AvgIpc) is 2.73. The Kier molecular flexibility index (Phi) is 7.42. The third kappa shape index (κ3) is 5.66. The van der Waals surface area contributed by atoms with E-state index in [1.165, 1.54) is 20.8 Å². The third-order valence-corrected chi connectivity index (χ3v) is 6.01. The summed E-state index contributed by atoms with van der Waals surface area (Å²) < 4.78 is 95.5. The summed E-state index contributed by atoms with van der Waals surface area (Å²) in [6.07, 6.45) is -8.56. The molecule has 3 rings (SSSR count). The molecule has 6 atom stereocenters. The van der Waals surface area contributed by atoms with Crippen molar-refractivity contribution in [3.05, 3.63) is 35.9 Å². The molecule has 0 aromatic heterocycles. The van der Waals surface area contributed by atoms with Gasteiger partial charge in [0.1, 0.15) is 18.3 Å². The minimum atomic E-state index is -6.09. The molecule has 0 N–H and O–H groups in total. The van der Waals surface area contributed by atoms with E-state index in [2.05, 4.69) is 4.18 Å². The first-order chi connectivity index (χ1) is 15.2. The normalized spacial score (nSPS) is 31.0. The molecule has 0 saturated carbocycles. The maximum Gasteiger partial charge on any atom is 0.523 e. The first-order valence-corrected chi connectivity index (χ1v) is 11.4. The van der Waals surface area contributed by atoms with Crippen molar-refractivity contribution in [2.45, 2.75) is 63.3 Å². The lowest BCUT2D eigenvalue weighted by atomic mass is 9.95. The molecule has 33 heavy (non-hydrogen) atoms. The van der Waals surface area contributed by atoms with Crippen LogP contribution in [0.4, 0.5) is 13.2 Å². The first kappa shape index (κ1) is 25.8. The predicted molar refractivity (Wildman–Crippen MR) is 105 cm³/mol. The van der Waals surface area contributed by atoms with Gasteiger partial charge in [-0.15, -0.1) is 0 Å². The number of carbonyl (C=O) groups excluding carboxylic acids is 1. The molecular formula is C20H25F3O9S. The minimum Gasteiger partial charge on any atom is -0.454 e. The first-order valence-electron chi connectivity index (χ1n) is 9.95. The zero-order chi connectivity index (χ0) is 24.6. The molecule has 2 aliphatic rings. The molecule has 0 aliphatic carbocycles. The second kappa shape index (κ2) is 9.47. The van der Waals surface area contributed by atoms with Crippen LogP contribution in [-0.4, -0.2) is 64.3 Å². The largest absolute Gasteiger partial charge is 0.523 e. The van der Waals surface area contributed by atoms with Crippen LogP contribution in [-0.2, 0) is 42.8 Å². The Morgan fingerprint density at radius 3 is 2.24 bits per heavy atom. The molecule has 1 aromatic carbocycles. The Labute approximate surface area is 189 Å². The van der Waals surface area contributed by atoms with E-state index in [9.17, 15) is 26.4 Å². The molecule has 13 heteroatoms. The Hall–Kier alpha value is -1.77. The lowest BCUT2D eigenvalue weighted by molar-refractivity contribution is -0.356. The Morgan fingerprint density at radius 2 is 1.70 bits per heavy atom. The number of hydrogen-bond acceptors (Lipinski definition) is 9. The van der Waals surface area contributed by atoms with Crippen molar-refractivity contribution >= 4 is 16.1 Å². The number of benzene rings is 1. The zero-order valence-corrected chi connectivity index (χ0v) is 19.1. The molecule has 0 bridgehead atoms. The summed E-state index contributed by atoms with van der Waals surface area (Å²) in [5, 5.41) is 0. The number of alkyl halides is 3. The van der Waals surface area contributed by atoms with Crippen LogP contribution in [0.5, 0.6) is 0 Å². The van der Waals surface area contributed by atoms with Gasteiger partial charge in [-0.25, -0.2) is 0 Å². The lowest BCUT2D eigenvalue weighted by Gasteiger charge is -2.48. The van der Waals surface area contributed by atoms with Crippen molar-refractivity contribution in [2.24, 2.45) is 5.41 Å². The highest BCUT2D eigenvalue weighted by atomic mass is 32.2. The summed E-state index contributed by atoms with van der Waals surface area (Å²) in [5.41, 5.74) is -6.25. The number of ether oxygens (including phenoxy) is 5. The highest BCUT2D eigenvalue weighted by Gasteiger charge is 2.58. The van der Waals surface area contributed by atoms with Gasteiger partial charge in [0.15, 0.2) is 18.7 Å². The third-order valence-electron chi connectivity index (χ3n) is 4.96. The molecule has 1 unspecified atom stereocenters. The molecule has 1 aromatic rings. The van der Waals surface area contributed by atoms with Crippen LogP contribution in [0.1, 0.15) is 32.6 Å². The molecule has 2 fully saturated rings. The molecule has 0 radical (unpaired) electrons. The van der Waals surface area contributed by atoms with Crippen LogP contribution in [0, 0.1) is 5.41 Å². The van der Waals surface area contributed by atoms with Gasteiger partial charge in [-0.2, -0.15) is 21.6 Å². The fraction of sp³-hybridized carbons (Fsp3) is 0.650. The van der Waals surface area contributed by atoms with Gasteiger partial charge in [-0.1, -0.05) is 30.3 Å². The lowest BCUT2D eigenvalue weighted by Crippen LogP contribution is -2.64. The summed E-state index contributed by atoms with van der Waals surface area (Å²) in [6, 6.07) is 8.45. The molecule has 0 amide bonds. The number of halogens is 3. The number of rotatable bonds is 5. The minimum absolute atomic E-state index is 0.171. The van der Waals surface area contributed by atoms with E-state index in [0.29, 0.717) is 5.56 Å². The Balaban J connectivity index is 1.99. The van der Waals surface area contributed by atoms with Crippen molar-refractivity contribution < 1.29 is 54.3 Å². The number of carbonyl (C=O) groups is 1. The SMILES string of the molecule is CO[C@H]1O[C@@H]2COC(c3ccccc3)O[C@H]2[C@H](OS(=O)(=O)C(F)(F)F)[C@H]1OC(=O)C(C)(C)C. The number of methoxy groups -OCH3 is 1. The van der Waals surface area contributed by atoms with Crippen LogP contribution in [0.25, 0.3) is 0 Å². The Bertz CT molecular complexity index is 930. The van der Waals surface area contributed by atoms with Gasteiger partial charge in [0.25, 0.3) is 0 Å². The van der Waals surface area contributed by atoms with E-state index < -0.39 is 64.0 Å². The summed E-state index contributed by atoms with van der Waals surface area (Å²) in [4.78, 5) is 12.5. The zero-order valence-electron chi connectivity index (χ0n) is 18.3. The van der Waals surface area contributed by atoms with Gasteiger partial charge < -0.3 is 23.7 Å². The quantitative estimate of drug-likeness (QED) is 0.344. The van der Waals surface area contributed by atoms with Crippen molar-refractivity contribution in [1.82, 2.24) is 0 Å². The van der Waals surface area contributed by atoms with Crippen molar-refractivity contribution in [3.63, 3.8) is 0 Å². The molecule has 0 spiro atoms. The fourth-order valence-corrected chi connectivity index (χ4v) is 3.87.